The van der Waals surface area contributed by atoms with Gasteiger partial charge >= 0.3 is 16.2 Å². The summed E-state index contributed by atoms with van der Waals surface area (Å²) in [6.07, 6.45) is 0. The minimum absolute atomic E-state index is 0.00350. The van der Waals surface area contributed by atoms with Crippen molar-refractivity contribution < 1.29 is 21.8 Å². The largest absolute Gasteiger partial charge is 0.462 e. The van der Waals surface area contributed by atoms with E-state index in [9.17, 15) is 17.1 Å². The molecule has 0 atom stereocenters. The summed E-state index contributed by atoms with van der Waals surface area (Å²) < 4.78 is 39.6. The molecule has 4 nitrogen and oxygen atoms in total. The normalized spacial score (nSPS) is 11.3. The molecule has 0 unspecified atom stereocenters. The Balaban J connectivity index is 3.39. The van der Waals surface area contributed by atoms with Crippen molar-refractivity contribution in [3.8, 4) is 0 Å². The van der Waals surface area contributed by atoms with Crippen LogP contribution in [0.4, 0.5) is 3.89 Å². The third kappa shape index (κ3) is 3.26. The van der Waals surface area contributed by atoms with Gasteiger partial charge in [-0.2, -0.15) is 8.42 Å². The molecule has 7 heteroatoms. The first kappa shape index (κ1) is 14.1. The second-order valence-corrected chi connectivity index (χ2v) is 5.37. The van der Waals surface area contributed by atoms with E-state index in [2.05, 4.69) is 15.9 Å². The second-order valence-electron chi connectivity index (χ2n) is 3.26. The molecule has 94 valence electrons. The molecule has 1 rings (SSSR count). The van der Waals surface area contributed by atoms with Gasteiger partial charge in [0.1, 0.15) is 4.90 Å². The molecule has 0 bridgehead atoms. The van der Waals surface area contributed by atoms with Crippen molar-refractivity contribution in [1.82, 2.24) is 0 Å². The highest BCUT2D eigenvalue weighted by atomic mass is 79.9. The van der Waals surface area contributed by atoms with E-state index in [-0.39, 0.29) is 16.6 Å². The van der Waals surface area contributed by atoms with Crippen LogP contribution in [0, 0.1) is 6.92 Å². The van der Waals surface area contributed by atoms with Crippen molar-refractivity contribution in [3.05, 3.63) is 27.7 Å². The highest BCUT2D eigenvalue weighted by Gasteiger charge is 2.21. The standard InChI is InChI=1S/C10H10BrFO4S/c1-3-16-10(13)7-4-6(2)9(11)8(5-7)17(12,14)15/h4-5H,3H2,1-2H3. The SMILES string of the molecule is CCOC(=O)c1cc(C)c(Br)c(S(=O)(=O)F)c1. The van der Waals surface area contributed by atoms with E-state index in [1.165, 1.54) is 6.07 Å². The van der Waals surface area contributed by atoms with Crippen LogP contribution in [0.5, 0.6) is 0 Å². The number of rotatable bonds is 3. The molecule has 0 N–H and O–H groups in total. The number of ether oxygens (including phenoxy) is 1. The van der Waals surface area contributed by atoms with Gasteiger partial charge in [0.05, 0.1) is 12.2 Å². The molecule has 0 aliphatic rings. The van der Waals surface area contributed by atoms with E-state index in [4.69, 9.17) is 4.74 Å². The predicted molar refractivity (Wildman–Crippen MR) is 63.1 cm³/mol. The fourth-order valence-electron chi connectivity index (χ4n) is 1.25. The maximum Gasteiger partial charge on any atom is 0.338 e. The van der Waals surface area contributed by atoms with Gasteiger partial charge < -0.3 is 4.74 Å². The van der Waals surface area contributed by atoms with Gasteiger partial charge in [-0.25, -0.2) is 4.79 Å². The first-order chi connectivity index (χ1) is 7.77. The Morgan fingerprint density at radius 2 is 2.06 bits per heavy atom. The summed E-state index contributed by atoms with van der Waals surface area (Å²) in [4.78, 5) is 10.9. The Hall–Kier alpha value is -0.950. The molecular weight excluding hydrogens is 315 g/mol. The monoisotopic (exact) mass is 324 g/mol. The predicted octanol–water partition coefficient (Wildman–Crippen LogP) is 2.59. The van der Waals surface area contributed by atoms with Gasteiger partial charge in [-0.05, 0) is 47.5 Å². The zero-order valence-corrected chi connectivity index (χ0v) is 11.6. The first-order valence-electron chi connectivity index (χ1n) is 4.69. The summed E-state index contributed by atoms with van der Waals surface area (Å²) in [6.45, 7) is 3.34. The van der Waals surface area contributed by atoms with Gasteiger partial charge in [0, 0.05) is 4.47 Å². The summed E-state index contributed by atoms with van der Waals surface area (Å²) in [7, 11) is -4.88. The average Bonchev–Trinajstić information content (AvgIpc) is 2.20. The van der Waals surface area contributed by atoms with Crippen molar-refractivity contribution in [1.29, 1.82) is 0 Å². The zero-order chi connectivity index (χ0) is 13.2. The minimum atomic E-state index is -4.88. The van der Waals surface area contributed by atoms with Crippen LogP contribution in [0.25, 0.3) is 0 Å². The van der Waals surface area contributed by atoms with Crippen molar-refractivity contribution in [2.24, 2.45) is 0 Å². The van der Waals surface area contributed by atoms with Crippen molar-refractivity contribution in [2.75, 3.05) is 6.61 Å². The van der Waals surface area contributed by atoms with Gasteiger partial charge in [-0.3, -0.25) is 0 Å². The second kappa shape index (κ2) is 5.14. The van der Waals surface area contributed by atoms with Gasteiger partial charge in [-0.15, -0.1) is 3.89 Å². The molecule has 0 aliphatic carbocycles. The summed E-state index contributed by atoms with van der Waals surface area (Å²) in [5.41, 5.74) is 0.440. The molecular formula is C10H10BrFO4S. The highest BCUT2D eigenvalue weighted by molar-refractivity contribution is 9.10. The molecule has 1 aromatic rings. The number of carbonyl (C=O) groups is 1. The number of esters is 1. The Labute approximate surface area is 107 Å². The lowest BCUT2D eigenvalue weighted by Crippen LogP contribution is -2.07. The summed E-state index contributed by atoms with van der Waals surface area (Å²) in [5, 5.41) is 0. The van der Waals surface area contributed by atoms with Gasteiger partial charge in [0.25, 0.3) is 0 Å². The summed E-state index contributed by atoms with van der Waals surface area (Å²) in [6, 6.07) is 2.38. The van der Waals surface area contributed by atoms with Crippen LogP contribution in [0.3, 0.4) is 0 Å². The number of hydrogen-bond acceptors (Lipinski definition) is 4. The quantitative estimate of drug-likeness (QED) is 0.633. The molecule has 0 amide bonds. The number of halogens is 2. The lowest BCUT2D eigenvalue weighted by Gasteiger charge is -2.07. The van der Waals surface area contributed by atoms with Crippen molar-refractivity contribution in [2.45, 2.75) is 18.7 Å². The Kier molecular flexibility index (Phi) is 4.26. The minimum Gasteiger partial charge on any atom is -0.462 e. The smallest absolute Gasteiger partial charge is 0.338 e. The molecule has 0 spiro atoms. The van der Waals surface area contributed by atoms with Crippen LogP contribution in [0.1, 0.15) is 22.8 Å². The molecule has 17 heavy (non-hydrogen) atoms. The molecule has 0 radical (unpaired) electrons. The number of benzene rings is 1. The van der Waals surface area contributed by atoms with Gasteiger partial charge in [-0.1, -0.05) is 0 Å². The van der Waals surface area contributed by atoms with Crippen LogP contribution in [-0.2, 0) is 15.0 Å². The van der Waals surface area contributed by atoms with E-state index in [0.29, 0.717) is 5.56 Å². The fraction of sp³-hybridized carbons (Fsp3) is 0.300. The maximum absolute atomic E-state index is 13.0. The summed E-state index contributed by atoms with van der Waals surface area (Å²) in [5.74, 6) is -0.687. The number of hydrogen-bond donors (Lipinski definition) is 0. The van der Waals surface area contributed by atoms with E-state index in [0.717, 1.165) is 6.07 Å². The van der Waals surface area contributed by atoms with Crippen LogP contribution in [-0.4, -0.2) is 21.0 Å². The zero-order valence-electron chi connectivity index (χ0n) is 9.16. The van der Waals surface area contributed by atoms with Crippen LogP contribution < -0.4 is 0 Å². The molecule has 0 saturated carbocycles. The average molecular weight is 325 g/mol. The Bertz CT molecular complexity index is 554. The molecule has 0 heterocycles. The Morgan fingerprint density at radius 3 is 2.53 bits per heavy atom. The van der Waals surface area contributed by atoms with Crippen molar-refractivity contribution in [3.63, 3.8) is 0 Å². The molecule has 0 aromatic heterocycles. The molecule has 0 fully saturated rings. The van der Waals surface area contributed by atoms with Crippen LogP contribution in [0.2, 0.25) is 0 Å². The third-order valence-corrected chi connectivity index (χ3v) is 4.16. The van der Waals surface area contributed by atoms with E-state index in [1.807, 2.05) is 0 Å². The first-order valence-corrected chi connectivity index (χ1v) is 6.87. The third-order valence-electron chi connectivity index (χ3n) is 1.99. The highest BCUT2D eigenvalue weighted by Crippen LogP contribution is 2.28. The maximum atomic E-state index is 13.0. The van der Waals surface area contributed by atoms with Gasteiger partial charge in [0.15, 0.2) is 0 Å². The lowest BCUT2D eigenvalue weighted by atomic mass is 10.1. The number of carbonyl (C=O) groups excluding carboxylic acids is 1. The molecule has 0 saturated heterocycles. The molecule has 0 aliphatic heterocycles. The van der Waals surface area contributed by atoms with Crippen molar-refractivity contribution >= 4 is 32.1 Å². The fourth-order valence-corrected chi connectivity index (χ4v) is 2.70. The van der Waals surface area contributed by atoms with Crippen LogP contribution in [0.15, 0.2) is 21.5 Å². The van der Waals surface area contributed by atoms with Crippen LogP contribution >= 0.6 is 15.9 Å². The Morgan fingerprint density at radius 1 is 1.47 bits per heavy atom. The van der Waals surface area contributed by atoms with E-state index >= 15 is 0 Å². The summed E-state index contributed by atoms with van der Waals surface area (Å²) >= 11 is 2.97. The van der Waals surface area contributed by atoms with E-state index in [1.54, 1.807) is 13.8 Å². The molecule has 1 aromatic carbocycles. The van der Waals surface area contributed by atoms with E-state index < -0.39 is 21.1 Å². The lowest BCUT2D eigenvalue weighted by molar-refractivity contribution is 0.0526. The van der Waals surface area contributed by atoms with Gasteiger partial charge in [0.2, 0.25) is 0 Å². The number of aryl methyl sites for hydroxylation is 1. The topological polar surface area (TPSA) is 60.4 Å².